The number of hydrogen-bond acceptors (Lipinski definition) is 3. The first kappa shape index (κ1) is 15.2. The van der Waals surface area contributed by atoms with Gasteiger partial charge in [0.1, 0.15) is 0 Å². The molecule has 0 saturated heterocycles. The van der Waals surface area contributed by atoms with Gasteiger partial charge in [0, 0.05) is 9.89 Å². The Kier molecular flexibility index (Phi) is 4.02. The van der Waals surface area contributed by atoms with Crippen molar-refractivity contribution in [1.82, 2.24) is 4.98 Å². The lowest BCUT2D eigenvalue weighted by Gasteiger charge is -2.13. The van der Waals surface area contributed by atoms with Crippen molar-refractivity contribution in [2.45, 2.75) is 33.1 Å². The van der Waals surface area contributed by atoms with Gasteiger partial charge < -0.3 is 5.11 Å². The van der Waals surface area contributed by atoms with Gasteiger partial charge in [-0.3, -0.25) is 0 Å². The maximum atomic E-state index is 11.4. The van der Waals surface area contributed by atoms with Crippen LogP contribution in [0.15, 0.2) is 22.7 Å². The zero-order valence-corrected chi connectivity index (χ0v) is 14.2. The summed E-state index contributed by atoms with van der Waals surface area (Å²) >= 11 is 4.91. The Morgan fingerprint density at radius 2 is 2.00 bits per heavy atom. The Bertz CT molecular complexity index is 671. The molecular weight excluding hydrogens is 338 g/mol. The molecule has 2 aromatic rings. The van der Waals surface area contributed by atoms with Crippen LogP contribution in [-0.4, -0.2) is 16.1 Å². The number of carboxylic acids is 1. The van der Waals surface area contributed by atoms with E-state index >= 15 is 0 Å². The second kappa shape index (κ2) is 5.30. The average Bonchev–Trinajstić information content (AvgIpc) is 2.77. The van der Waals surface area contributed by atoms with Crippen LogP contribution in [-0.2, 0) is 5.41 Å². The van der Waals surface area contributed by atoms with E-state index in [0.717, 1.165) is 25.5 Å². The number of aromatic nitrogens is 1. The summed E-state index contributed by atoms with van der Waals surface area (Å²) in [5, 5.41) is 10.2. The van der Waals surface area contributed by atoms with E-state index in [9.17, 15) is 9.90 Å². The summed E-state index contributed by atoms with van der Waals surface area (Å²) in [6.45, 7) is 8.09. The third-order valence-corrected chi connectivity index (χ3v) is 5.31. The Balaban J connectivity index is 2.63. The number of halogens is 1. The molecular formula is C15H16BrNO2S. The van der Waals surface area contributed by atoms with Crippen molar-refractivity contribution >= 4 is 33.2 Å². The van der Waals surface area contributed by atoms with Crippen LogP contribution >= 0.6 is 27.3 Å². The van der Waals surface area contributed by atoms with Crippen molar-refractivity contribution in [2.24, 2.45) is 0 Å². The van der Waals surface area contributed by atoms with E-state index in [0.29, 0.717) is 0 Å². The fraction of sp³-hybridized carbons (Fsp3) is 0.333. The molecule has 3 nitrogen and oxygen atoms in total. The molecule has 0 spiro atoms. The van der Waals surface area contributed by atoms with E-state index in [1.165, 1.54) is 11.3 Å². The maximum Gasteiger partial charge on any atom is 0.356 e. The summed E-state index contributed by atoms with van der Waals surface area (Å²) in [6.07, 6.45) is 0. The number of thiazole rings is 1. The number of carbonyl (C=O) groups is 1. The van der Waals surface area contributed by atoms with Gasteiger partial charge in [0.05, 0.1) is 9.88 Å². The van der Waals surface area contributed by atoms with Crippen LogP contribution in [0.4, 0.5) is 0 Å². The summed E-state index contributed by atoms with van der Waals surface area (Å²) in [7, 11) is 0. The van der Waals surface area contributed by atoms with E-state index in [2.05, 4.69) is 20.9 Å². The summed E-state index contributed by atoms with van der Waals surface area (Å²) in [6, 6.07) is 5.84. The summed E-state index contributed by atoms with van der Waals surface area (Å²) in [5.41, 5.74) is 1.96. The Labute approximate surface area is 130 Å². The fourth-order valence-corrected chi connectivity index (χ4v) is 3.13. The quantitative estimate of drug-likeness (QED) is 0.837. The van der Waals surface area contributed by atoms with Crippen LogP contribution in [0.1, 0.15) is 41.8 Å². The first-order chi connectivity index (χ1) is 9.20. The number of aromatic carboxylic acids is 1. The second-order valence-electron chi connectivity index (χ2n) is 5.72. The summed E-state index contributed by atoms with van der Waals surface area (Å²) in [5.74, 6) is -0.979. The molecule has 1 aromatic carbocycles. The van der Waals surface area contributed by atoms with Crippen molar-refractivity contribution in [2.75, 3.05) is 0 Å². The lowest BCUT2D eigenvalue weighted by molar-refractivity contribution is 0.0692. The number of carboxylic acid groups (broad SMARTS) is 1. The molecule has 106 valence electrons. The minimum atomic E-state index is -0.979. The van der Waals surface area contributed by atoms with Crippen molar-refractivity contribution < 1.29 is 9.90 Å². The lowest BCUT2D eigenvalue weighted by Crippen LogP contribution is -2.11. The van der Waals surface area contributed by atoms with Crippen molar-refractivity contribution in [3.05, 3.63) is 38.9 Å². The first-order valence-electron chi connectivity index (χ1n) is 6.21. The predicted molar refractivity (Wildman–Crippen MR) is 85.6 cm³/mol. The molecule has 0 saturated carbocycles. The average molecular weight is 354 g/mol. The van der Waals surface area contributed by atoms with Gasteiger partial charge in [-0.15, -0.1) is 11.3 Å². The van der Waals surface area contributed by atoms with Gasteiger partial charge in [0.2, 0.25) is 0 Å². The number of aryl methyl sites for hydroxylation is 1. The monoisotopic (exact) mass is 353 g/mol. The Morgan fingerprint density at radius 3 is 2.50 bits per heavy atom. The minimum Gasteiger partial charge on any atom is -0.476 e. The molecule has 2 rings (SSSR count). The predicted octanol–water partition coefficient (Wildman–Crippen LogP) is 4.88. The van der Waals surface area contributed by atoms with Gasteiger partial charge in [-0.25, -0.2) is 9.78 Å². The van der Waals surface area contributed by atoms with Crippen LogP contribution in [0.25, 0.3) is 10.4 Å². The smallest absolute Gasteiger partial charge is 0.356 e. The first-order valence-corrected chi connectivity index (χ1v) is 7.82. The fourth-order valence-electron chi connectivity index (χ4n) is 1.77. The zero-order chi connectivity index (χ0) is 15.1. The summed E-state index contributed by atoms with van der Waals surface area (Å²) in [4.78, 5) is 16.5. The molecule has 0 aliphatic carbocycles. The SMILES string of the molecule is Cc1cc(-c2sc(C(C)(C)C)nc2C(=O)O)ccc1Br. The highest BCUT2D eigenvalue weighted by Gasteiger charge is 2.25. The molecule has 0 fully saturated rings. The maximum absolute atomic E-state index is 11.4. The van der Waals surface area contributed by atoms with Gasteiger partial charge in [-0.2, -0.15) is 0 Å². The molecule has 0 aliphatic rings. The van der Waals surface area contributed by atoms with Gasteiger partial charge in [0.15, 0.2) is 5.69 Å². The van der Waals surface area contributed by atoms with Crippen molar-refractivity contribution in [1.29, 1.82) is 0 Å². The normalized spacial score (nSPS) is 11.7. The highest BCUT2D eigenvalue weighted by molar-refractivity contribution is 9.10. The van der Waals surface area contributed by atoms with Crippen LogP contribution < -0.4 is 0 Å². The third kappa shape index (κ3) is 2.94. The van der Waals surface area contributed by atoms with Gasteiger partial charge in [-0.05, 0) is 30.2 Å². The molecule has 0 radical (unpaired) electrons. The Morgan fingerprint density at radius 1 is 1.35 bits per heavy atom. The molecule has 0 unspecified atom stereocenters. The van der Waals surface area contributed by atoms with E-state index in [-0.39, 0.29) is 11.1 Å². The third-order valence-electron chi connectivity index (χ3n) is 2.89. The minimum absolute atomic E-state index is 0.140. The van der Waals surface area contributed by atoms with E-state index < -0.39 is 5.97 Å². The van der Waals surface area contributed by atoms with Crippen molar-refractivity contribution in [3.8, 4) is 10.4 Å². The van der Waals surface area contributed by atoms with Crippen LogP contribution in [0.5, 0.6) is 0 Å². The number of benzene rings is 1. The van der Waals surface area contributed by atoms with Gasteiger partial charge >= 0.3 is 5.97 Å². The van der Waals surface area contributed by atoms with Crippen LogP contribution in [0, 0.1) is 6.92 Å². The molecule has 1 aromatic heterocycles. The molecule has 0 atom stereocenters. The van der Waals surface area contributed by atoms with Crippen LogP contribution in [0.3, 0.4) is 0 Å². The zero-order valence-electron chi connectivity index (χ0n) is 11.8. The number of nitrogens with zero attached hydrogens (tertiary/aromatic N) is 1. The van der Waals surface area contributed by atoms with Gasteiger partial charge in [0.25, 0.3) is 0 Å². The number of hydrogen-bond donors (Lipinski definition) is 1. The molecule has 20 heavy (non-hydrogen) atoms. The molecule has 1 N–H and O–H groups in total. The van der Waals surface area contributed by atoms with E-state index in [1.807, 2.05) is 45.9 Å². The topological polar surface area (TPSA) is 50.2 Å². The highest BCUT2D eigenvalue weighted by Crippen LogP contribution is 2.37. The van der Waals surface area contributed by atoms with Crippen molar-refractivity contribution in [3.63, 3.8) is 0 Å². The Hall–Kier alpha value is -1.20. The number of rotatable bonds is 2. The van der Waals surface area contributed by atoms with Crippen LogP contribution in [0.2, 0.25) is 0 Å². The van der Waals surface area contributed by atoms with Gasteiger partial charge in [-0.1, -0.05) is 42.8 Å². The summed E-state index contributed by atoms with van der Waals surface area (Å²) < 4.78 is 1.01. The molecule has 0 aliphatic heterocycles. The highest BCUT2D eigenvalue weighted by atomic mass is 79.9. The molecule has 0 amide bonds. The largest absolute Gasteiger partial charge is 0.476 e. The second-order valence-corrected chi connectivity index (χ2v) is 7.57. The standard InChI is InChI=1S/C15H16BrNO2S/c1-8-7-9(5-6-10(8)16)12-11(13(18)19)17-14(20-12)15(2,3)4/h5-7H,1-4H3,(H,18,19). The van der Waals surface area contributed by atoms with E-state index in [1.54, 1.807) is 0 Å². The lowest BCUT2D eigenvalue weighted by atomic mass is 9.98. The molecule has 0 bridgehead atoms. The van der Waals surface area contributed by atoms with E-state index in [4.69, 9.17) is 0 Å². The molecule has 1 heterocycles. The molecule has 5 heteroatoms.